The monoisotopic (exact) mass is 341 g/mol. The normalized spacial score (nSPS) is 10.6. The van der Waals surface area contributed by atoms with Crippen molar-refractivity contribution in [2.45, 2.75) is 13.8 Å². The zero-order valence-electron chi connectivity index (χ0n) is 14.2. The van der Waals surface area contributed by atoms with Crippen LogP contribution < -0.4 is 14.0 Å². The van der Waals surface area contributed by atoms with Crippen LogP contribution in [-0.2, 0) is 7.05 Å². The van der Waals surface area contributed by atoms with Gasteiger partial charge in [-0.2, -0.15) is 0 Å². The highest BCUT2D eigenvalue weighted by Crippen LogP contribution is 2.33. The number of nitrogens with zero attached hydrogens (tertiary/aromatic N) is 2. The summed E-state index contributed by atoms with van der Waals surface area (Å²) < 4.78 is 13.5. The SMILES string of the molecule is CCOc1ccc(-c2cc(-c3nccs3)cc[n+]2C)cc1OCC. The van der Waals surface area contributed by atoms with Gasteiger partial charge in [0.05, 0.1) is 18.8 Å². The molecule has 24 heavy (non-hydrogen) atoms. The molecule has 1 aromatic carbocycles. The molecular formula is C19H21N2O2S+. The molecule has 0 amide bonds. The number of benzene rings is 1. The van der Waals surface area contributed by atoms with Crippen molar-refractivity contribution < 1.29 is 14.0 Å². The molecule has 3 rings (SSSR count). The van der Waals surface area contributed by atoms with E-state index < -0.39 is 0 Å². The third-order valence-corrected chi connectivity index (χ3v) is 4.49. The van der Waals surface area contributed by atoms with Gasteiger partial charge in [0, 0.05) is 29.3 Å². The number of hydrogen-bond donors (Lipinski definition) is 0. The first kappa shape index (κ1) is 16.5. The summed E-state index contributed by atoms with van der Waals surface area (Å²) in [4.78, 5) is 4.40. The molecule has 0 fully saturated rings. The Bertz CT molecular complexity index is 816. The minimum atomic E-state index is 0.606. The fourth-order valence-electron chi connectivity index (χ4n) is 2.57. The van der Waals surface area contributed by atoms with E-state index in [4.69, 9.17) is 9.47 Å². The molecule has 0 bridgehead atoms. The number of aryl methyl sites for hydroxylation is 1. The Morgan fingerprint density at radius 1 is 1.00 bits per heavy atom. The topological polar surface area (TPSA) is 35.2 Å². The van der Waals surface area contributed by atoms with Crippen molar-refractivity contribution >= 4 is 11.3 Å². The first-order chi connectivity index (χ1) is 11.7. The van der Waals surface area contributed by atoms with E-state index in [1.165, 1.54) is 0 Å². The van der Waals surface area contributed by atoms with Crippen molar-refractivity contribution in [3.8, 4) is 33.3 Å². The standard InChI is InChI=1S/C19H21N2O2S/c1-4-22-17-7-6-14(13-18(17)23-5-2)16-12-15(8-10-21(16)3)19-20-9-11-24-19/h6-13H,4-5H2,1-3H3/q+1. The summed E-state index contributed by atoms with van der Waals surface area (Å²) in [5.41, 5.74) is 3.31. The van der Waals surface area contributed by atoms with E-state index in [1.54, 1.807) is 11.3 Å². The smallest absolute Gasteiger partial charge is 0.213 e. The van der Waals surface area contributed by atoms with Crippen molar-refractivity contribution in [3.63, 3.8) is 0 Å². The van der Waals surface area contributed by atoms with Crippen LogP contribution in [0.4, 0.5) is 0 Å². The van der Waals surface area contributed by atoms with Gasteiger partial charge in [0.2, 0.25) is 5.69 Å². The molecule has 5 heteroatoms. The molecule has 0 atom stereocenters. The van der Waals surface area contributed by atoms with Crippen LogP contribution in [0.3, 0.4) is 0 Å². The summed E-state index contributed by atoms with van der Waals surface area (Å²) in [5, 5.41) is 3.01. The van der Waals surface area contributed by atoms with E-state index >= 15 is 0 Å². The van der Waals surface area contributed by atoms with Crippen LogP contribution in [0.2, 0.25) is 0 Å². The van der Waals surface area contributed by atoms with E-state index in [0.717, 1.165) is 33.3 Å². The molecular weight excluding hydrogens is 320 g/mol. The second-order valence-electron chi connectivity index (χ2n) is 5.28. The molecule has 0 aliphatic heterocycles. The average Bonchev–Trinajstić information content (AvgIpc) is 3.12. The number of ether oxygens (including phenoxy) is 2. The molecule has 0 N–H and O–H groups in total. The van der Waals surface area contributed by atoms with Gasteiger partial charge >= 0.3 is 0 Å². The van der Waals surface area contributed by atoms with Gasteiger partial charge in [0.15, 0.2) is 17.7 Å². The second-order valence-corrected chi connectivity index (χ2v) is 6.17. The van der Waals surface area contributed by atoms with Gasteiger partial charge in [-0.1, -0.05) is 0 Å². The maximum atomic E-state index is 5.75. The van der Waals surface area contributed by atoms with Gasteiger partial charge in [-0.3, -0.25) is 0 Å². The zero-order valence-corrected chi connectivity index (χ0v) is 15.0. The van der Waals surface area contributed by atoms with E-state index in [1.807, 2.05) is 44.6 Å². The lowest BCUT2D eigenvalue weighted by Crippen LogP contribution is -2.30. The maximum Gasteiger partial charge on any atom is 0.213 e. The van der Waals surface area contributed by atoms with Crippen molar-refractivity contribution in [2.75, 3.05) is 13.2 Å². The Morgan fingerprint density at radius 3 is 2.50 bits per heavy atom. The highest BCUT2D eigenvalue weighted by molar-refractivity contribution is 7.13. The quantitative estimate of drug-likeness (QED) is 0.633. The molecule has 3 aromatic rings. The molecule has 0 unspecified atom stereocenters. The van der Waals surface area contributed by atoms with Gasteiger partial charge in [-0.05, 0) is 32.0 Å². The number of hydrogen-bond acceptors (Lipinski definition) is 4. The van der Waals surface area contributed by atoms with Crippen LogP contribution in [0.1, 0.15) is 13.8 Å². The van der Waals surface area contributed by atoms with Crippen molar-refractivity contribution in [1.82, 2.24) is 4.98 Å². The summed E-state index contributed by atoms with van der Waals surface area (Å²) in [5.74, 6) is 1.55. The molecule has 4 nitrogen and oxygen atoms in total. The Kier molecular flexibility index (Phi) is 5.11. The fraction of sp³-hybridized carbons (Fsp3) is 0.263. The lowest BCUT2D eigenvalue weighted by atomic mass is 10.1. The van der Waals surface area contributed by atoms with Crippen molar-refractivity contribution in [1.29, 1.82) is 0 Å². The van der Waals surface area contributed by atoms with Crippen LogP contribution in [0, 0.1) is 0 Å². The summed E-state index contributed by atoms with van der Waals surface area (Å²) in [6.07, 6.45) is 3.89. The Morgan fingerprint density at radius 2 is 1.79 bits per heavy atom. The number of rotatable bonds is 6. The molecule has 0 saturated heterocycles. The average molecular weight is 341 g/mol. The lowest BCUT2D eigenvalue weighted by Gasteiger charge is -2.12. The molecule has 0 aliphatic rings. The van der Waals surface area contributed by atoms with Gasteiger partial charge in [0.1, 0.15) is 12.1 Å². The third kappa shape index (κ3) is 3.41. The van der Waals surface area contributed by atoms with E-state index in [2.05, 4.69) is 33.9 Å². The largest absolute Gasteiger partial charge is 0.490 e. The van der Waals surface area contributed by atoms with Crippen LogP contribution in [0.25, 0.3) is 21.8 Å². The highest BCUT2D eigenvalue weighted by atomic mass is 32.1. The number of thiazole rings is 1. The molecule has 2 aromatic heterocycles. The van der Waals surface area contributed by atoms with Crippen molar-refractivity contribution in [2.24, 2.45) is 7.05 Å². The summed E-state index contributed by atoms with van der Waals surface area (Å²) in [6, 6.07) is 10.3. The molecule has 0 radical (unpaired) electrons. The molecule has 0 aliphatic carbocycles. The zero-order chi connectivity index (χ0) is 16.9. The molecule has 0 spiro atoms. The number of aromatic nitrogens is 2. The number of pyridine rings is 1. The van der Waals surface area contributed by atoms with Crippen LogP contribution in [0.15, 0.2) is 48.1 Å². The Hall–Kier alpha value is -2.40. The lowest BCUT2D eigenvalue weighted by molar-refractivity contribution is -0.660. The maximum absolute atomic E-state index is 5.75. The van der Waals surface area contributed by atoms with Gasteiger partial charge < -0.3 is 9.47 Å². The minimum Gasteiger partial charge on any atom is -0.490 e. The van der Waals surface area contributed by atoms with E-state index in [-0.39, 0.29) is 0 Å². The second kappa shape index (κ2) is 7.45. The van der Waals surface area contributed by atoms with Crippen LogP contribution >= 0.6 is 11.3 Å². The van der Waals surface area contributed by atoms with E-state index in [0.29, 0.717) is 13.2 Å². The Labute approximate surface area is 146 Å². The van der Waals surface area contributed by atoms with Crippen molar-refractivity contribution in [3.05, 3.63) is 48.1 Å². The van der Waals surface area contributed by atoms with Gasteiger partial charge in [-0.15, -0.1) is 11.3 Å². The molecule has 0 saturated carbocycles. The van der Waals surface area contributed by atoms with E-state index in [9.17, 15) is 0 Å². The summed E-state index contributed by atoms with van der Waals surface area (Å²) >= 11 is 1.64. The summed E-state index contributed by atoms with van der Waals surface area (Å²) in [6.45, 7) is 5.17. The predicted molar refractivity (Wildman–Crippen MR) is 96.5 cm³/mol. The Balaban J connectivity index is 2.04. The van der Waals surface area contributed by atoms with Crippen LogP contribution in [-0.4, -0.2) is 18.2 Å². The van der Waals surface area contributed by atoms with Gasteiger partial charge in [-0.25, -0.2) is 9.55 Å². The minimum absolute atomic E-state index is 0.606. The molecule has 2 heterocycles. The first-order valence-corrected chi connectivity index (χ1v) is 8.90. The molecule has 124 valence electrons. The van der Waals surface area contributed by atoms with Gasteiger partial charge in [0.25, 0.3) is 0 Å². The highest BCUT2D eigenvalue weighted by Gasteiger charge is 2.16. The first-order valence-electron chi connectivity index (χ1n) is 8.02. The predicted octanol–water partition coefficient (Wildman–Crippen LogP) is 4.10. The fourth-order valence-corrected chi connectivity index (χ4v) is 3.20. The third-order valence-electron chi connectivity index (χ3n) is 3.67. The summed E-state index contributed by atoms with van der Waals surface area (Å²) in [7, 11) is 2.04. The van der Waals surface area contributed by atoms with Crippen LogP contribution in [0.5, 0.6) is 11.5 Å².